The van der Waals surface area contributed by atoms with Gasteiger partial charge in [-0.15, -0.1) is 24.0 Å². The molecule has 2 aromatic rings. The van der Waals surface area contributed by atoms with Gasteiger partial charge in [-0.2, -0.15) is 0 Å². The molecule has 0 saturated heterocycles. The molecule has 86 valence electrons. The van der Waals surface area contributed by atoms with E-state index in [1.807, 2.05) is 12.1 Å². The van der Waals surface area contributed by atoms with E-state index < -0.39 is 11.6 Å². The highest BCUT2D eigenvalue weighted by molar-refractivity contribution is 14.0. The van der Waals surface area contributed by atoms with Crippen molar-refractivity contribution >= 4 is 35.5 Å². The molecule has 0 aliphatic heterocycles. The van der Waals surface area contributed by atoms with Crippen molar-refractivity contribution in [3.63, 3.8) is 0 Å². The first kappa shape index (κ1) is 13.6. The minimum atomic E-state index is -0.466. The third-order valence-electron chi connectivity index (χ3n) is 2.28. The molecular weight excluding hydrogens is 327 g/mol. The fourth-order valence-electron chi connectivity index (χ4n) is 1.44. The Kier molecular flexibility index (Phi) is 5.03. The first-order chi connectivity index (χ1) is 7.79. The topological polar surface area (TPSA) is 34.1 Å². The zero-order chi connectivity index (χ0) is 11.4. The van der Waals surface area contributed by atoms with Crippen molar-refractivity contribution in [2.75, 3.05) is 0 Å². The minimum absolute atomic E-state index is 0. The molecule has 0 aliphatic carbocycles. The Morgan fingerprint density at radius 1 is 0.588 bits per heavy atom. The predicted molar refractivity (Wildman–Crippen MR) is 77.0 cm³/mol. The maximum absolute atomic E-state index is 11.8. The van der Waals surface area contributed by atoms with Crippen LogP contribution < -0.4 is 0 Å². The lowest BCUT2D eigenvalue weighted by atomic mass is 10.0. The maximum atomic E-state index is 11.8. The Morgan fingerprint density at radius 3 is 1.18 bits per heavy atom. The molecule has 0 radical (unpaired) electrons. The van der Waals surface area contributed by atoms with Crippen LogP contribution >= 0.6 is 24.0 Å². The van der Waals surface area contributed by atoms with Gasteiger partial charge in [0.05, 0.1) is 0 Å². The summed E-state index contributed by atoms with van der Waals surface area (Å²) in [4.78, 5) is 23.6. The van der Waals surface area contributed by atoms with Gasteiger partial charge < -0.3 is 0 Å². The Morgan fingerprint density at radius 2 is 0.882 bits per heavy atom. The summed E-state index contributed by atoms with van der Waals surface area (Å²) in [5.41, 5.74) is 0.854. The molecule has 0 heterocycles. The number of rotatable bonds is 3. The van der Waals surface area contributed by atoms with Gasteiger partial charge in [-0.3, -0.25) is 9.59 Å². The second-order valence-corrected chi connectivity index (χ2v) is 3.39. The molecule has 3 heteroatoms. The van der Waals surface area contributed by atoms with Crippen LogP contribution in [0.3, 0.4) is 0 Å². The van der Waals surface area contributed by atoms with Crippen molar-refractivity contribution < 1.29 is 9.59 Å². The lowest BCUT2D eigenvalue weighted by Gasteiger charge is -1.99. The second kappa shape index (κ2) is 6.30. The summed E-state index contributed by atoms with van der Waals surface area (Å²) >= 11 is 0. The molecule has 0 aromatic heterocycles. The average Bonchev–Trinajstić information content (AvgIpc) is 2.39. The second-order valence-electron chi connectivity index (χ2n) is 3.39. The highest BCUT2D eigenvalue weighted by Crippen LogP contribution is 2.07. The molecule has 0 saturated carbocycles. The molecule has 0 bridgehead atoms. The molecular formula is C14H11IO2. The lowest BCUT2D eigenvalue weighted by Crippen LogP contribution is -2.14. The van der Waals surface area contributed by atoms with Crippen LogP contribution in [0.15, 0.2) is 60.7 Å². The van der Waals surface area contributed by atoms with Crippen LogP contribution in [-0.2, 0) is 0 Å². The fraction of sp³-hybridized carbons (Fsp3) is 0. The van der Waals surface area contributed by atoms with Crippen molar-refractivity contribution in [1.82, 2.24) is 0 Å². The number of hydrogen-bond acceptors (Lipinski definition) is 2. The molecule has 2 rings (SSSR count). The van der Waals surface area contributed by atoms with E-state index in [1.54, 1.807) is 48.5 Å². The van der Waals surface area contributed by atoms with Gasteiger partial charge in [-0.1, -0.05) is 60.7 Å². The number of carbonyl (C=O) groups is 2. The summed E-state index contributed by atoms with van der Waals surface area (Å²) in [7, 11) is 0. The number of halogens is 1. The molecule has 2 aromatic carbocycles. The fourth-order valence-corrected chi connectivity index (χ4v) is 1.44. The molecule has 0 fully saturated rings. The highest BCUT2D eigenvalue weighted by atomic mass is 127. The zero-order valence-electron chi connectivity index (χ0n) is 9.00. The van der Waals surface area contributed by atoms with Gasteiger partial charge in [0.2, 0.25) is 11.6 Å². The van der Waals surface area contributed by atoms with E-state index in [9.17, 15) is 9.59 Å². The van der Waals surface area contributed by atoms with Crippen LogP contribution in [0.2, 0.25) is 0 Å². The summed E-state index contributed by atoms with van der Waals surface area (Å²) in [6.45, 7) is 0. The first-order valence-electron chi connectivity index (χ1n) is 4.98. The van der Waals surface area contributed by atoms with Crippen LogP contribution in [0.1, 0.15) is 20.7 Å². The van der Waals surface area contributed by atoms with Gasteiger partial charge in [0.25, 0.3) is 0 Å². The zero-order valence-corrected chi connectivity index (χ0v) is 11.3. The molecule has 0 atom stereocenters. The Balaban J connectivity index is 0.00000144. The lowest BCUT2D eigenvalue weighted by molar-refractivity contribution is 0.0817. The summed E-state index contributed by atoms with van der Waals surface area (Å²) in [6, 6.07) is 17.2. The van der Waals surface area contributed by atoms with Gasteiger partial charge in [0, 0.05) is 11.1 Å². The molecule has 2 nitrogen and oxygen atoms in total. The van der Waals surface area contributed by atoms with Gasteiger partial charge in [0.15, 0.2) is 0 Å². The quantitative estimate of drug-likeness (QED) is 0.489. The van der Waals surface area contributed by atoms with Gasteiger partial charge in [0.1, 0.15) is 0 Å². The molecule has 17 heavy (non-hydrogen) atoms. The number of ketones is 2. The Labute approximate surface area is 117 Å². The van der Waals surface area contributed by atoms with Crippen molar-refractivity contribution in [3.05, 3.63) is 71.8 Å². The Bertz CT molecular complexity index is 457. The standard InChI is InChI=1S/C14H10O2.HI/c15-13(11-7-3-1-4-8-11)14(16)12-9-5-2-6-10-12;/h1-10H;1H. The normalized spacial score (nSPS) is 9.18. The smallest absolute Gasteiger partial charge is 0.233 e. The number of carbonyl (C=O) groups excluding carboxylic acids is 2. The summed E-state index contributed by atoms with van der Waals surface area (Å²) in [5, 5.41) is 0. The molecule has 0 amide bonds. The van der Waals surface area contributed by atoms with Gasteiger partial charge >= 0.3 is 0 Å². The van der Waals surface area contributed by atoms with E-state index in [2.05, 4.69) is 0 Å². The summed E-state index contributed by atoms with van der Waals surface area (Å²) in [6.07, 6.45) is 0. The van der Waals surface area contributed by atoms with E-state index in [0.29, 0.717) is 11.1 Å². The van der Waals surface area contributed by atoms with E-state index in [4.69, 9.17) is 0 Å². The third kappa shape index (κ3) is 3.23. The minimum Gasteiger partial charge on any atom is -0.285 e. The van der Waals surface area contributed by atoms with E-state index in [1.165, 1.54) is 0 Å². The van der Waals surface area contributed by atoms with E-state index >= 15 is 0 Å². The van der Waals surface area contributed by atoms with Crippen LogP contribution in [-0.4, -0.2) is 11.6 Å². The monoisotopic (exact) mass is 338 g/mol. The van der Waals surface area contributed by atoms with Crippen LogP contribution in [0.25, 0.3) is 0 Å². The van der Waals surface area contributed by atoms with Gasteiger partial charge in [-0.05, 0) is 0 Å². The largest absolute Gasteiger partial charge is 0.285 e. The first-order valence-corrected chi connectivity index (χ1v) is 4.98. The molecule has 0 unspecified atom stereocenters. The number of Topliss-reactive ketones (excluding diaryl/α,β-unsaturated/α-hetero) is 2. The number of hydrogen-bond donors (Lipinski definition) is 0. The Hall–Kier alpha value is -1.49. The van der Waals surface area contributed by atoms with Crippen molar-refractivity contribution in [2.45, 2.75) is 0 Å². The molecule has 0 spiro atoms. The van der Waals surface area contributed by atoms with Crippen molar-refractivity contribution in [1.29, 1.82) is 0 Å². The number of benzene rings is 2. The van der Waals surface area contributed by atoms with E-state index in [0.717, 1.165) is 0 Å². The predicted octanol–water partition coefficient (Wildman–Crippen LogP) is 3.37. The van der Waals surface area contributed by atoms with E-state index in [-0.39, 0.29) is 24.0 Å². The summed E-state index contributed by atoms with van der Waals surface area (Å²) in [5.74, 6) is -0.932. The molecule has 0 N–H and O–H groups in total. The van der Waals surface area contributed by atoms with Crippen molar-refractivity contribution in [2.24, 2.45) is 0 Å². The molecule has 0 aliphatic rings. The van der Waals surface area contributed by atoms with Crippen molar-refractivity contribution in [3.8, 4) is 0 Å². The van der Waals surface area contributed by atoms with Crippen LogP contribution in [0, 0.1) is 0 Å². The highest BCUT2D eigenvalue weighted by Gasteiger charge is 2.16. The average molecular weight is 338 g/mol. The SMILES string of the molecule is I.O=C(C(=O)c1ccccc1)c1ccccc1. The summed E-state index contributed by atoms with van der Waals surface area (Å²) < 4.78 is 0. The maximum Gasteiger partial charge on any atom is 0.233 e. The third-order valence-corrected chi connectivity index (χ3v) is 2.28. The van der Waals surface area contributed by atoms with Gasteiger partial charge in [-0.25, -0.2) is 0 Å². The van der Waals surface area contributed by atoms with Crippen LogP contribution in [0.5, 0.6) is 0 Å². The van der Waals surface area contributed by atoms with Crippen LogP contribution in [0.4, 0.5) is 0 Å².